The first-order valence-corrected chi connectivity index (χ1v) is 19.1. The summed E-state index contributed by atoms with van der Waals surface area (Å²) in [4.78, 5) is 15.8. The minimum Gasteiger partial charge on any atom is -0.497 e. The molecule has 3 fully saturated rings. The van der Waals surface area contributed by atoms with Crippen molar-refractivity contribution < 1.29 is 22.7 Å². The molecular weight excluding hydrogens is 612 g/mol. The third-order valence-electron chi connectivity index (χ3n) is 11.2. The molecule has 1 unspecified atom stereocenters. The van der Waals surface area contributed by atoms with Crippen LogP contribution in [0.3, 0.4) is 0 Å². The SMILES string of the molecule is COc1ccc2c(c1)[C@@H]1C[C@]1(OCNC1CCCCN(C)C1)Cn1c-2c(C2CCCCC2)c2ccc(C(=O)NS(=O)(=O)C(C)C)cc21. The highest BCUT2D eigenvalue weighted by Gasteiger charge is 2.59. The molecule has 1 saturated heterocycles. The molecule has 0 radical (unpaired) electrons. The van der Waals surface area contributed by atoms with Crippen LogP contribution in [0.15, 0.2) is 36.4 Å². The summed E-state index contributed by atoms with van der Waals surface area (Å²) in [6, 6.07) is 12.6. The molecule has 10 heteroatoms. The summed E-state index contributed by atoms with van der Waals surface area (Å²) in [5, 5.41) is 4.16. The van der Waals surface area contributed by atoms with Crippen LogP contribution in [0.4, 0.5) is 0 Å². The van der Waals surface area contributed by atoms with E-state index in [0.717, 1.165) is 55.4 Å². The van der Waals surface area contributed by atoms with Gasteiger partial charge in [0.15, 0.2) is 0 Å². The van der Waals surface area contributed by atoms with Crippen LogP contribution >= 0.6 is 0 Å². The Bertz CT molecular complexity index is 1760. The average Bonchev–Trinajstić information content (AvgIpc) is 3.75. The van der Waals surface area contributed by atoms with Gasteiger partial charge in [0.25, 0.3) is 5.91 Å². The largest absolute Gasteiger partial charge is 0.497 e. The topological polar surface area (TPSA) is 102 Å². The Labute approximate surface area is 279 Å². The summed E-state index contributed by atoms with van der Waals surface area (Å²) >= 11 is 0. The van der Waals surface area contributed by atoms with Crippen molar-refractivity contribution in [1.29, 1.82) is 0 Å². The number of amides is 1. The van der Waals surface area contributed by atoms with E-state index in [0.29, 0.717) is 30.8 Å². The zero-order valence-corrected chi connectivity index (χ0v) is 29.1. The quantitative estimate of drug-likeness (QED) is 0.266. The lowest BCUT2D eigenvalue weighted by Crippen LogP contribution is -2.40. The Balaban J connectivity index is 1.32. The number of sulfonamides is 1. The number of carbonyl (C=O) groups is 1. The molecule has 1 aromatic heterocycles. The van der Waals surface area contributed by atoms with Crippen LogP contribution in [-0.4, -0.2) is 74.7 Å². The fraction of sp³-hybridized carbons (Fsp3) is 0.595. The standard InChI is InChI=1S/C37H50N4O5S/c1-24(2)47(43,44)39-36(42)26-13-15-30-33(18-26)41-22-37(46-23-38-27-12-8-9-17-40(3)21-27)20-32(37)31-19-28(45-4)14-16-29(31)35(41)34(30)25-10-6-5-7-11-25/h13-16,18-19,24-25,27,32,38H,5-12,17,20-23H2,1-4H3,(H,39,42)/t27?,32-,37-/m0/s1. The van der Waals surface area contributed by atoms with E-state index in [1.807, 2.05) is 12.1 Å². The fourth-order valence-electron chi connectivity index (χ4n) is 8.38. The van der Waals surface area contributed by atoms with Crippen molar-refractivity contribution in [2.24, 2.45) is 0 Å². The number of likely N-dealkylation sites (tertiary alicyclic amines) is 1. The number of hydrogen-bond donors (Lipinski definition) is 2. The maximum Gasteiger partial charge on any atom is 0.264 e. The Morgan fingerprint density at radius 2 is 1.83 bits per heavy atom. The van der Waals surface area contributed by atoms with Crippen LogP contribution in [-0.2, 0) is 21.3 Å². The van der Waals surface area contributed by atoms with Crippen LogP contribution in [0.1, 0.15) is 105 Å². The van der Waals surface area contributed by atoms with Gasteiger partial charge in [0, 0.05) is 40.5 Å². The number of carbonyl (C=O) groups excluding carboxylic acids is 1. The Morgan fingerprint density at radius 1 is 1.04 bits per heavy atom. The third-order valence-corrected chi connectivity index (χ3v) is 12.9. The van der Waals surface area contributed by atoms with Crippen molar-refractivity contribution in [2.45, 2.75) is 107 Å². The summed E-state index contributed by atoms with van der Waals surface area (Å²) in [6.07, 6.45) is 10.5. The van der Waals surface area contributed by atoms with Crippen molar-refractivity contribution in [3.05, 3.63) is 53.1 Å². The van der Waals surface area contributed by atoms with Gasteiger partial charge in [-0.2, -0.15) is 0 Å². The second-order valence-electron chi connectivity index (χ2n) is 14.7. The number of methoxy groups -OCH3 is 1. The predicted octanol–water partition coefficient (Wildman–Crippen LogP) is 6.12. The number of rotatable bonds is 9. The van der Waals surface area contributed by atoms with Gasteiger partial charge in [0.1, 0.15) is 5.75 Å². The van der Waals surface area contributed by atoms with E-state index in [4.69, 9.17) is 9.47 Å². The summed E-state index contributed by atoms with van der Waals surface area (Å²) in [5.74, 6) is 0.891. The van der Waals surface area contributed by atoms with Crippen LogP contribution in [0, 0.1) is 0 Å². The van der Waals surface area contributed by atoms with Gasteiger partial charge in [-0.05, 0) is 107 Å². The monoisotopic (exact) mass is 662 g/mol. The maximum atomic E-state index is 13.3. The molecule has 254 valence electrons. The number of fused-ring (bicyclic) bond motifs is 7. The van der Waals surface area contributed by atoms with Crippen molar-refractivity contribution in [3.8, 4) is 17.0 Å². The predicted molar refractivity (Wildman–Crippen MR) is 186 cm³/mol. The molecule has 3 atom stereocenters. The minimum absolute atomic E-state index is 0.225. The Hall–Kier alpha value is -2.92. The molecule has 2 aliphatic carbocycles. The number of aromatic nitrogens is 1. The molecular formula is C37H50N4O5S. The number of nitrogens with zero attached hydrogens (tertiary/aromatic N) is 2. The Kier molecular flexibility index (Phi) is 8.91. The second kappa shape index (κ2) is 12.8. The lowest BCUT2D eigenvalue weighted by Gasteiger charge is -2.25. The van der Waals surface area contributed by atoms with Gasteiger partial charge in [-0.15, -0.1) is 0 Å². The zero-order chi connectivity index (χ0) is 32.9. The zero-order valence-electron chi connectivity index (χ0n) is 28.3. The summed E-state index contributed by atoms with van der Waals surface area (Å²) in [5.41, 5.74) is 5.95. The normalized spacial score (nSPS) is 25.0. The van der Waals surface area contributed by atoms with Crippen LogP contribution in [0.2, 0.25) is 0 Å². The van der Waals surface area contributed by atoms with Crippen LogP contribution in [0.25, 0.3) is 22.2 Å². The number of benzene rings is 2. The van der Waals surface area contributed by atoms with Gasteiger partial charge in [-0.3, -0.25) is 10.1 Å². The van der Waals surface area contributed by atoms with E-state index in [-0.39, 0.29) is 5.92 Å². The van der Waals surface area contributed by atoms with E-state index in [1.165, 1.54) is 54.5 Å². The van der Waals surface area contributed by atoms with Gasteiger partial charge in [0.05, 0.1) is 36.9 Å². The molecule has 1 amide bonds. The molecule has 3 heterocycles. The highest BCUT2D eigenvalue weighted by Crippen LogP contribution is 2.61. The maximum absolute atomic E-state index is 13.3. The van der Waals surface area contributed by atoms with E-state index in [9.17, 15) is 13.2 Å². The lowest BCUT2D eigenvalue weighted by atomic mass is 9.81. The van der Waals surface area contributed by atoms with Crippen molar-refractivity contribution in [2.75, 3.05) is 34.0 Å². The summed E-state index contributed by atoms with van der Waals surface area (Å²) in [7, 11) is 0.151. The van der Waals surface area contributed by atoms with Gasteiger partial charge < -0.3 is 18.9 Å². The lowest BCUT2D eigenvalue weighted by molar-refractivity contribution is 0.000750. The van der Waals surface area contributed by atoms with Crippen LogP contribution < -0.4 is 14.8 Å². The van der Waals surface area contributed by atoms with E-state index >= 15 is 0 Å². The summed E-state index contributed by atoms with van der Waals surface area (Å²) < 4.78 is 42.6. The first kappa shape index (κ1) is 32.6. The molecule has 2 N–H and O–H groups in total. The molecule has 2 aliphatic heterocycles. The molecule has 2 aromatic carbocycles. The van der Waals surface area contributed by atoms with Crippen molar-refractivity contribution in [1.82, 2.24) is 19.5 Å². The highest BCUT2D eigenvalue weighted by atomic mass is 32.2. The fourth-order valence-corrected chi connectivity index (χ4v) is 8.99. The smallest absolute Gasteiger partial charge is 0.264 e. The first-order chi connectivity index (χ1) is 22.6. The second-order valence-corrected chi connectivity index (χ2v) is 16.9. The molecule has 0 bridgehead atoms. The molecule has 3 aromatic rings. The molecule has 9 nitrogen and oxygen atoms in total. The average molecular weight is 663 g/mol. The summed E-state index contributed by atoms with van der Waals surface area (Å²) in [6.45, 7) is 6.45. The number of likely N-dealkylation sites (N-methyl/N-ethyl adjacent to an activating group) is 1. The van der Waals surface area contributed by atoms with Gasteiger partial charge >= 0.3 is 0 Å². The Morgan fingerprint density at radius 3 is 2.60 bits per heavy atom. The number of ether oxygens (including phenoxy) is 2. The molecule has 2 saturated carbocycles. The third kappa shape index (κ3) is 6.22. The van der Waals surface area contributed by atoms with E-state index < -0.39 is 26.8 Å². The highest BCUT2D eigenvalue weighted by molar-refractivity contribution is 7.90. The van der Waals surface area contributed by atoms with Crippen molar-refractivity contribution >= 4 is 26.8 Å². The van der Waals surface area contributed by atoms with Gasteiger partial charge in [0.2, 0.25) is 10.0 Å². The van der Waals surface area contributed by atoms with E-state index in [1.54, 1.807) is 27.0 Å². The van der Waals surface area contributed by atoms with E-state index in [2.05, 4.69) is 44.8 Å². The minimum atomic E-state index is -3.77. The van der Waals surface area contributed by atoms with Gasteiger partial charge in [-0.25, -0.2) is 13.1 Å². The molecule has 7 rings (SSSR count). The van der Waals surface area contributed by atoms with Crippen LogP contribution in [0.5, 0.6) is 5.75 Å². The molecule has 0 spiro atoms. The molecule has 4 aliphatic rings. The number of hydrogen-bond acceptors (Lipinski definition) is 7. The first-order valence-electron chi connectivity index (χ1n) is 17.6. The molecule has 47 heavy (non-hydrogen) atoms. The van der Waals surface area contributed by atoms with Crippen molar-refractivity contribution in [3.63, 3.8) is 0 Å². The van der Waals surface area contributed by atoms with Gasteiger partial charge in [-0.1, -0.05) is 31.7 Å². The number of nitrogens with one attached hydrogen (secondary N) is 2.